The highest BCUT2D eigenvalue weighted by atomic mass is 16.8. The number of rotatable bonds is 7. The second kappa shape index (κ2) is 25.0. The van der Waals surface area contributed by atoms with Crippen molar-refractivity contribution in [2.24, 2.45) is 34.0 Å². The number of para-hydroxylation sites is 1. The first-order chi connectivity index (χ1) is 59.7. The van der Waals surface area contributed by atoms with E-state index in [0.717, 1.165) is 87.1 Å². The summed E-state index contributed by atoms with van der Waals surface area (Å²) in [4.78, 5) is 11.7. The predicted octanol–water partition coefficient (Wildman–Crippen LogP) is 17.0. The molecule has 27 rings (SSSR count). The van der Waals surface area contributed by atoms with Crippen LogP contribution in [0.3, 0.4) is 0 Å². The summed E-state index contributed by atoms with van der Waals surface area (Å²) in [7, 11) is 0. The summed E-state index contributed by atoms with van der Waals surface area (Å²) in [6.07, 6.45) is 18.6. The third-order valence-electron chi connectivity index (χ3n) is 39.1. The van der Waals surface area contributed by atoms with Crippen molar-refractivity contribution in [3.05, 3.63) is 164 Å². The molecule has 21 heteroatoms. The molecular formula is C106H133N3O18. The van der Waals surface area contributed by atoms with Crippen molar-refractivity contribution in [1.29, 1.82) is 0 Å². The Hall–Kier alpha value is -6.22. The molecule has 127 heavy (non-hydrogen) atoms. The molecule has 3 spiro atoms. The minimum atomic E-state index is -1.13. The highest BCUT2D eigenvalue weighted by molar-refractivity contribution is 5.91. The fourth-order valence-corrected chi connectivity index (χ4v) is 31.0. The van der Waals surface area contributed by atoms with Gasteiger partial charge in [0.15, 0.2) is 54.0 Å². The van der Waals surface area contributed by atoms with Crippen molar-refractivity contribution in [3.8, 4) is 0 Å². The Kier molecular flexibility index (Phi) is 16.3. The van der Waals surface area contributed by atoms with Gasteiger partial charge in [0.25, 0.3) is 0 Å². The van der Waals surface area contributed by atoms with Crippen LogP contribution in [0.25, 0.3) is 32.7 Å². The summed E-state index contributed by atoms with van der Waals surface area (Å²) in [6.45, 7) is 47.6. The Morgan fingerprint density at radius 2 is 0.756 bits per heavy atom. The monoisotopic (exact) mass is 1740 g/mol. The lowest BCUT2D eigenvalue weighted by Gasteiger charge is -2.64. The number of ether oxygens (including phenoxy) is 15. The minimum Gasteiger partial charge on any atom is -0.486 e. The number of nitrogens with one attached hydrogen (secondary N) is 3. The molecule has 21 nitrogen and oxygen atoms in total. The Bertz CT molecular complexity index is 5930. The molecule has 18 unspecified atom stereocenters. The molecule has 15 heterocycles. The average molecular weight is 1740 g/mol. The van der Waals surface area contributed by atoms with Gasteiger partial charge in [0.1, 0.15) is 99.7 Å². The number of aromatic amines is 3. The van der Waals surface area contributed by atoms with Crippen LogP contribution in [0.15, 0.2) is 119 Å². The third kappa shape index (κ3) is 9.99. The van der Waals surface area contributed by atoms with Crippen molar-refractivity contribution >= 4 is 32.7 Å². The smallest absolute Gasteiger partial charge is 0.188 e. The van der Waals surface area contributed by atoms with Gasteiger partial charge in [0.2, 0.25) is 0 Å². The van der Waals surface area contributed by atoms with Crippen LogP contribution >= 0.6 is 0 Å². The first kappa shape index (κ1) is 82.7. The molecule has 3 aromatic heterocycles. The SMILES string of the molecule is CC(C)=CC1OC2C(OC3=CC[C@]4(C)[C@@]5(C)c6[nH]c7ccccc7c6C[C@@H]5CC[C@@]4(O)C34OC24)C(C)(C)O1.CC(C)=CCc1cccc2[nH]c3c(c12)C[C@@H]1CC[C@@]2(O)C45OC4C4OC(C6OC6(C)C)OC(C)(C)C4OC5=CC[C@]2(C)[C@@]31C.CC1(C)OC1Cc1cccc2[nH]c3c(c12)C[C@@H]1CC[C@@]2(O)C45OC4C4OC(C6OC6(C)C)OC(C)(C)C4OC5=CC[C@]2(C)[C@@]31C. The molecule has 6 N–H and O–H groups in total. The van der Waals surface area contributed by atoms with E-state index < -0.39 is 85.5 Å². The molecular weight excluding hydrogens is 1600 g/mol. The molecule has 3 aromatic carbocycles. The second-order valence-electron chi connectivity index (χ2n) is 47.9. The fourth-order valence-electron chi connectivity index (χ4n) is 31.0. The lowest BCUT2D eigenvalue weighted by Crippen LogP contribution is -2.74. The minimum absolute atomic E-state index is 0.0514. The number of hydrogen-bond acceptors (Lipinski definition) is 18. The highest BCUT2D eigenvalue weighted by Gasteiger charge is 2.91. The first-order valence-electron chi connectivity index (χ1n) is 48.2. The summed E-state index contributed by atoms with van der Waals surface area (Å²) in [5, 5.41) is 43.7. The van der Waals surface area contributed by atoms with Crippen LogP contribution in [0.5, 0.6) is 0 Å². The van der Waals surface area contributed by atoms with E-state index >= 15 is 0 Å². The number of allylic oxidation sites excluding steroid dienone is 6. The van der Waals surface area contributed by atoms with Crippen molar-refractivity contribution < 1.29 is 86.4 Å². The molecule has 12 saturated heterocycles. The number of aromatic nitrogens is 3. The quantitative estimate of drug-likeness (QED) is 0.0641. The molecule has 0 amide bonds. The molecule has 3 saturated carbocycles. The van der Waals surface area contributed by atoms with Crippen LogP contribution in [0.2, 0.25) is 0 Å². The van der Waals surface area contributed by atoms with E-state index in [4.69, 9.17) is 71.1 Å². The molecule has 21 aliphatic rings. The molecule has 0 radical (unpaired) electrons. The summed E-state index contributed by atoms with van der Waals surface area (Å²) >= 11 is 0. The summed E-state index contributed by atoms with van der Waals surface area (Å²) in [6, 6.07) is 22.0. The van der Waals surface area contributed by atoms with Crippen LogP contribution in [0.4, 0.5) is 0 Å². The number of benzene rings is 3. The lowest BCUT2D eigenvalue weighted by molar-refractivity contribution is -0.333. The van der Waals surface area contributed by atoms with E-state index in [1.165, 1.54) is 83.2 Å². The number of hydrogen-bond donors (Lipinski definition) is 6. The highest BCUT2D eigenvalue weighted by Crippen LogP contribution is 2.80. The van der Waals surface area contributed by atoms with Gasteiger partial charge in [-0.1, -0.05) is 101 Å². The van der Waals surface area contributed by atoms with Crippen molar-refractivity contribution in [1.82, 2.24) is 15.0 Å². The standard InChI is InChI=1S/C37H47NO7.C37H47NO6.C32H39NO5/c1-31(2)23(42-31)16-18-10-9-11-21-24(18)20-17-19-12-15-36(39)34(7,35(19,8)26(20)38-21)14-13-22-37(36)28(44-37)25-27(40-22)32(3,4)45-30(41-25)29-33(5,6)43-29;1-19(2)12-13-20-10-9-11-23-25(20)22-18-21-14-17-36(39)34(7,35(21,8)27(22)38-23)16-15-24-37(36)29(43-37)26-28(40-24)32(3,4)44-31(41-26)30-33(5,6)42-30;1-17(2)15-23-36-24-26(28(3,4)37-23)35-22-12-13-29(5)30(6)18(11-14-31(29,34)32(22)27(24)38-32)16-20-19-9-7-8-10-21(19)33-25(20)30/h9-11,13,19,23,25,27-30,38-39H,12,14-17H2,1-8H3;9-12,15,21,26,28-31,38-39H,13-14,16-18H2,1-8H3;7-10,12,15,18,23-24,26-27,33-34H,11,13-14,16H2,1-6H3/t19-,23?,25?,27?,28?,29?,30?,34+,35+,36-,37?;21-,26?,28?,29?,30?,31?,34+,35+,36-,37?;18-,23?,24?,26?,27?,29+,30+,31-,32?/m000/s1. The van der Waals surface area contributed by atoms with Gasteiger partial charge >= 0.3 is 0 Å². The fraction of sp³-hybridized carbons (Fsp3) is 0.679. The van der Waals surface area contributed by atoms with Gasteiger partial charge in [-0.05, 0) is 282 Å². The largest absolute Gasteiger partial charge is 0.486 e. The van der Waals surface area contributed by atoms with Gasteiger partial charge < -0.3 is 101 Å². The van der Waals surface area contributed by atoms with Crippen LogP contribution in [0.1, 0.15) is 255 Å². The molecule has 12 aliphatic heterocycles. The van der Waals surface area contributed by atoms with E-state index in [1.807, 2.05) is 19.9 Å². The number of H-pyrrole nitrogens is 3. The topological polar surface area (TPSA) is 266 Å². The zero-order chi connectivity index (χ0) is 88.6. The van der Waals surface area contributed by atoms with Crippen LogP contribution in [0, 0.1) is 34.0 Å². The molecule has 0 bridgehead atoms. The molecule has 30 atom stereocenters. The van der Waals surface area contributed by atoms with Gasteiger partial charge in [-0.3, -0.25) is 0 Å². The van der Waals surface area contributed by atoms with Crippen LogP contribution in [-0.4, -0.2) is 190 Å². The Morgan fingerprint density at radius 1 is 0.386 bits per heavy atom. The van der Waals surface area contributed by atoms with Gasteiger partial charge in [0.05, 0.1) is 22.9 Å². The van der Waals surface area contributed by atoms with Crippen LogP contribution < -0.4 is 0 Å². The number of epoxide rings is 6. The van der Waals surface area contributed by atoms with Gasteiger partial charge in [0, 0.05) is 88.7 Å². The van der Waals surface area contributed by atoms with Gasteiger partial charge in [-0.15, -0.1) is 0 Å². The van der Waals surface area contributed by atoms with E-state index in [0.29, 0.717) is 43.4 Å². The third-order valence-corrected chi connectivity index (χ3v) is 39.1. The van der Waals surface area contributed by atoms with E-state index in [1.54, 1.807) is 0 Å². The zero-order valence-corrected chi connectivity index (χ0v) is 78.4. The van der Waals surface area contributed by atoms with Crippen molar-refractivity contribution in [3.63, 3.8) is 0 Å². The molecule has 6 aromatic rings. The van der Waals surface area contributed by atoms with Gasteiger partial charge in [-0.25, -0.2) is 0 Å². The van der Waals surface area contributed by atoms with Crippen molar-refractivity contribution in [2.75, 3.05) is 0 Å². The number of fused-ring (bicyclic) bond motifs is 27. The van der Waals surface area contributed by atoms with E-state index in [2.05, 4.69) is 238 Å². The first-order valence-corrected chi connectivity index (χ1v) is 48.2. The Morgan fingerprint density at radius 3 is 1.17 bits per heavy atom. The predicted molar refractivity (Wildman–Crippen MR) is 476 cm³/mol. The molecule has 15 fully saturated rings. The summed E-state index contributed by atoms with van der Waals surface area (Å²) in [5.74, 6) is 3.65. The molecule has 9 aliphatic carbocycles. The Balaban J connectivity index is 0.000000104. The van der Waals surface area contributed by atoms with Gasteiger partial charge in [-0.2, -0.15) is 0 Å². The van der Waals surface area contributed by atoms with Crippen LogP contribution in [-0.2, 0) is 119 Å². The molecule has 680 valence electrons. The van der Waals surface area contributed by atoms with E-state index in [-0.39, 0.29) is 106 Å². The lowest BCUT2D eigenvalue weighted by atomic mass is 9.42. The van der Waals surface area contributed by atoms with Crippen molar-refractivity contribution in [2.45, 2.75) is 418 Å². The maximum Gasteiger partial charge on any atom is 0.188 e. The maximum atomic E-state index is 13.3. The summed E-state index contributed by atoms with van der Waals surface area (Å²) in [5.41, 5.74) is 6.37. The van der Waals surface area contributed by atoms with E-state index in [9.17, 15) is 15.3 Å². The zero-order valence-electron chi connectivity index (χ0n) is 78.4. The second-order valence-corrected chi connectivity index (χ2v) is 47.9. The normalized spacial score (nSPS) is 48.1. The average Bonchev–Trinajstić information content (AvgIpc) is 1.47. The number of aliphatic hydroxyl groups is 3. The maximum absolute atomic E-state index is 13.3. The Labute approximate surface area is 746 Å². The summed E-state index contributed by atoms with van der Waals surface area (Å²) < 4.78 is 97.6.